The number of aliphatic carboxylic acids is 2. The maximum absolute atomic E-state index is 12.9. The first-order valence-corrected chi connectivity index (χ1v) is 15.1. The topological polar surface area (TPSA) is 197 Å². The van der Waals surface area contributed by atoms with Gasteiger partial charge in [0.1, 0.15) is 0 Å². The van der Waals surface area contributed by atoms with E-state index in [0.29, 0.717) is 17.0 Å². The van der Waals surface area contributed by atoms with Gasteiger partial charge in [0.25, 0.3) is 0 Å². The van der Waals surface area contributed by atoms with Crippen LogP contribution in [0.4, 0.5) is 5.69 Å². The molecule has 0 saturated carbocycles. The molecule has 0 saturated heterocycles. The number of carbonyl (C=O) groups is 5. The van der Waals surface area contributed by atoms with Crippen LogP contribution in [-0.4, -0.2) is 85.2 Å². The molecule has 7 N–H and O–H groups in total. The van der Waals surface area contributed by atoms with Crippen LogP contribution in [0.25, 0.3) is 0 Å². The Hall–Kier alpha value is -3.58. The summed E-state index contributed by atoms with van der Waals surface area (Å²) in [4.78, 5) is 59.4. The minimum atomic E-state index is -1.25. The van der Waals surface area contributed by atoms with Gasteiger partial charge in [-0.15, -0.1) is 0 Å². The van der Waals surface area contributed by atoms with E-state index in [1.165, 1.54) is 10.2 Å². The van der Waals surface area contributed by atoms with Crippen LogP contribution in [0.5, 0.6) is 5.75 Å². The van der Waals surface area contributed by atoms with Crippen LogP contribution in [0, 0.1) is 0 Å². The number of carboxylic acids is 2. The van der Waals surface area contributed by atoms with Crippen molar-refractivity contribution in [3.05, 3.63) is 54.1 Å². The van der Waals surface area contributed by atoms with Crippen LogP contribution in [0.3, 0.4) is 0 Å². The Balaban J connectivity index is 2.03. The second-order valence-electron chi connectivity index (χ2n) is 7.76. The zero-order chi connectivity index (χ0) is 28.1. The summed E-state index contributed by atoms with van der Waals surface area (Å²) in [6, 6.07) is 11.6. The molecule has 0 aromatic heterocycles. The molecule has 0 radical (unpaired) electrons. The van der Waals surface area contributed by atoms with Gasteiger partial charge in [0, 0.05) is 0 Å². The third kappa shape index (κ3) is 10.4. The minimum absolute atomic E-state index is 0.0939. The molecule has 14 heteroatoms. The van der Waals surface area contributed by atoms with Gasteiger partial charge in [0.15, 0.2) is 0 Å². The standard InChI is InChI=1S/C24H28N4O8SSe/c1-36-15-8-6-14(7-9-15)27-22(32)16-4-2-3-5-19(16)38-37-13-18(23(33)26-12-21(30)31)28-20(29)11-10-17(25)24(34)35/h2-9,17-18H,10-13,25H2,1H3,(H,26,33)(H,27,32)(H,28,29)(H,30,31)(H,34,35). The Kier molecular flexibility index (Phi) is 12.6. The Labute approximate surface area is 228 Å². The van der Waals surface area contributed by atoms with E-state index >= 15 is 0 Å². The number of amides is 3. The SMILES string of the molecule is COc1ccc(NC(=O)c2ccccc2[Se]SCC(NC(=O)CCC(N)C(=O)O)C(=O)NCC(=O)O)cc1. The van der Waals surface area contributed by atoms with Crippen LogP contribution in [0.1, 0.15) is 23.2 Å². The van der Waals surface area contributed by atoms with Crippen molar-refractivity contribution >= 4 is 63.8 Å². The fourth-order valence-corrected chi connectivity index (χ4v) is 7.12. The molecule has 2 unspecified atom stereocenters. The van der Waals surface area contributed by atoms with E-state index in [1.807, 2.05) is 0 Å². The van der Waals surface area contributed by atoms with Crippen LogP contribution in [0.2, 0.25) is 0 Å². The zero-order valence-electron chi connectivity index (χ0n) is 20.3. The monoisotopic (exact) mass is 612 g/mol. The molecule has 38 heavy (non-hydrogen) atoms. The van der Waals surface area contributed by atoms with E-state index in [0.717, 1.165) is 4.46 Å². The molecule has 0 fully saturated rings. The fraction of sp³-hybridized carbons (Fsp3) is 0.292. The predicted octanol–water partition coefficient (Wildman–Crippen LogP) is -0.197. The number of methoxy groups -OCH3 is 1. The van der Waals surface area contributed by atoms with Crippen molar-refractivity contribution in [1.29, 1.82) is 0 Å². The number of nitrogens with two attached hydrogens (primary N) is 1. The predicted molar refractivity (Wildman–Crippen MR) is 143 cm³/mol. The van der Waals surface area contributed by atoms with Crippen LogP contribution in [-0.2, 0) is 19.2 Å². The second-order valence-corrected chi connectivity index (χ2v) is 12.0. The van der Waals surface area contributed by atoms with Gasteiger partial charge < -0.3 is 0 Å². The van der Waals surface area contributed by atoms with Gasteiger partial charge in [-0.05, 0) is 0 Å². The van der Waals surface area contributed by atoms with Crippen molar-refractivity contribution in [2.75, 3.05) is 24.7 Å². The van der Waals surface area contributed by atoms with Crippen molar-refractivity contribution in [2.24, 2.45) is 5.73 Å². The first-order valence-electron chi connectivity index (χ1n) is 11.2. The van der Waals surface area contributed by atoms with Gasteiger partial charge >= 0.3 is 229 Å². The molecule has 12 nitrogen and oxygen atoms in total. The van der Waals surface area contributed by atoms with Gasteiger partial charge in [-0.3, -0.25) is 0 Å². The summed E-state index contributed by atoms with van der Waals surface area (Å²) in [6.07, 6.45) is -0.348. The van der Waals surface area contributed by atoms with E-state index in [1.54, 1.807) is 55.6 Å². The summed E-state index contributed by atoms with van der Waals surface area (Å²) < 4.78 is 5.87. The molecule has 0 spiro atoms. The van der Waals surface area contributed by atoms with Crippen LogP contribution in [0.15, 0.2) is 48.5 Å². The number of nitrogens with one attached hydrogen (secondary N) is 3. The van der Waals surface area contributed by atoms with Gasteiger partial charge in [0.2, 0.25) is 0 Å². The zero-order valence-corrected chi connectivity index (χ0v) is 22.9. The molecule has 204 valence electrons. The van der Waals surface area contributed by atoms with Gasteiger partial charge in [-0.2, -0.15) is 0 Å². The van der Waals surface area contributed by atoms with E-state index in [2.05, 4.69) is 16.0 Å². The van der Waals surface area contributed by atoms with Crippen molar-refractivity contribution in [3.63, 3.8) is 0 Å². The molecule has 0 aliphatic carbocycles. The molecule has 3 amide bonds. The van der Waals surface area contributed by atoms with Crippen molar-refractivity contribution in [2.45, 2.75) is 24.9 Å². The number of hydrogen-bond donors (Lipinski definition) is 6. The molecule has 0 bridgehead atoms. The number of benzene rings is 2. The van der Waals surface area contributed by atoms with Gasteiger partial charge in [-0.25, -0.2) is 0 Å². The maximum atomic E-state index is 12.9. The third-order valence-electron chi connectivity index (χ3n) is 4.93. The summed E-state index contributed by atoms with van der Waals surface area (Å²) in [7, 11) is 2.86. The Morgan fingerprint density at radius 2 is 1.74 bits per heavy atom. The molecule has 2 aromatic carbocycles. The van der Waals surface area contributed by atoms with Gasteiger partial charge in [0.05, 0.1) is 0 Å². The molecule has 0 heterocycles. The normalized spacial score (nSPS) is 12.1. The van der Waals surface area contributed by atoms with Crippen molar-refractivity contribution in [3.8, 4) is 5.75 Å². The second kappa shape index (κ2) is 15.6. The molecule has 2 aromatic rings. The Morgan fingerprint density at radius 3 is 2.37 bits per heavy atom. The summed E-state index contributed by atoms with van der Waals surface area (Å²) in [5.41, 5.74) is 6.46. The van der Waals surface area contributed by atoms with E-state index in [4.69, 9.17) is 20.7 Å². The van der Waals surface area contributed by atoms with E-state index in [-0.39, 0.29) is 38.3 Å². The van der Waals surface area contributed by atoms with Gasteiger partial charge in [-0.1, -0.05) is 0 Å². The number of anilines is 1. The quantitative estimate of drug-likeness (QED) is 0.147. The number of hydrogen-bond acceptors (Lipinski definition) is 8. The van der Waals surface area contributed by atoms with Crippen molar-refractivity contribution < 1.29 is 38.9 Å². The molecular formula is C24H28N4O8SSe. The molecular weight excluding hydrogens is 583 g/mol. The first-order chi connectivity index (χ1) is 18.1. The number of ether oxygens (including phenoxy) is 1. The van der Waals surface area contributed by atoms with Crippen LogP contribution >= 0.6 is 10.2 Å². The average molecular weight is 612 g/mol. The van der Waals surface area contributed by atoms with E-state index < -0.39 is 42.4 Å². The third-order valence-corrected chi connectivity index (χ3v) is 9.17. The molecule has 2 atom stereocenters. The number of carbonyl (C=O) groups excluding carboxylic acids is 3. The summed E-state index contributed by atoms with van der Waals surface area (Å²) in [6.45, 7) is -0.626. The average Bonchev–Trinajstić information content (AvgIpc) is 2.90. The first kappa shape index (κ1) is 30.6. The van der Waals surface area contributed by atoms with E-state index in [9.17, 15) is 24.0 Å². The number of rotatable bonds is 15. The summed E-state index contributed by atoms with van der Waals surface area (Å²) in [5.74, 6) is -3.35. The molecule has 0 aliphatic rings. The van der Waals surface area contributed by atoms with Crippen LogP contribution < -0.4 is 30.9 Å². The Bertz CT molecular complexity index is 1150. The molecule has 2 rings (SSSR count). The molecule has 0 aliphatic heterocycles. The summed E-state index contributed by atoms with van der Waals surface area (Å²) >= 11 is -0.352. The fourth-order valence-electron chi connectivity index (χ4n) is 2.91. The Morgan fingerprint density at radius 1 is 1.05 bits per heavy atom. The number of carboxylic acid groups (broad SMARTS) is 2. The summed E-state index contributed by atoms with van der Waals surface area (Å²) in [5, 5.41) is 25.3. The van der Waals surface area contributed by atoms with Crippen molar-refractivity contribution in [1.82, 2.24) is 10.6 Å².